The van der Waals surface area contributed by atoms with Crippen molar-refractivity contribution in [2.24, 2.45) is 34.5 Å². The van der Waals surface area contributed by atoms with Crippen LogP contribution >= 0.6 is 0 Å². The maximum absolute atomic E-state index is 10.3. The molecular weight excluding hydrogens is 512 g/mol. The Morgan fingerprint density at radius 2 is 0.833 bits per heavy atom. The van der Waals surface area contributed by atoms with Crippen molar-refractivity contribution < 1.29 is 10.2 Å². The predicted molar refractivity (Wildman–Crippen MR) is 184 cm³/mol. The van der Waals surface area contributed by atoms with Crippen LogP contribution in [0.15, 0.2) is 107 Å². The SMILES string of the molecule is CC(/C=C/C=C(C)/C=C/C1C(C)C(O)CCC1(C)C)=C\C=C\C=C(C)\C=C\C=C(C)\C=C\C1C(C)C(O)CCC1(C)C. The average Bonchev–Trinajstić information content (AvgIpc) is 2.91. The molecule has 6 atom stereocenters. The van der Waals surface area contributed by atoms with Crippen LogP contribution in [0, 0.1) is 34.5 Å². The van der Waals surface area contributed by atoms with Crippen LogP contribution in [-0.4, -0.2) is 22.4 Å². The Hall–Kier alpha value is -2.42. The van der Waals surface area contributed by atoms with E-state index in [0.717, 1.165) is 25.7 Å². The Kier molecular flexibility index (Phi) is 14.0. The molecule has 2 N–H and O–H groups in total. The monoisotopic (exact) mass is 572 g/mol. The van der Waals surface area contributed by atoms with Gasteiger partial charge < -0.3 is 10.2 Å². The van der Waals surface area contributed by atoms with Gasteiger partial charge in [0, 0.05) is 0 Å². The lowest BCUT2D eigenvalue weighted by molar-refractivity contribution is -0.00432. The van der Waals surface area contributed by atoms with Crippen molar-refractivity contribution in [3.63, 3.8) is 0 Å². The lowest BCUT2D eigenvalue weighted by atomic mass is 9.63. The summed E-state index contributed by atoms with van der Waals surface area (Å²) in [5, 5.41) is 20.6. The fourth-order valence-electron chi connectivity index (χ4n) is 6.52. The molecule has 0 amide bonds. The van der Waals surface area contributed by atoms with E-state index in [0.29, 0.717) is 23.7 Å². The third-order valence-electron chi connectivity index (χ3n) is 9.72. The summed E-state index contributed by atoms with van der Waals surface area (Å²) in [7, 11) is 0. The molecule has 0 saturated heterocycles. The maximum atomic E-state index is 10.3. The molecule has 2 fully saturated rings. The standard InChI is InChI=1S/C40H60O2/c1-29(17-13-19-31(3)21-23-35-33(5)37(41)25-27-39(35,7)8)15-11-12-16-30(2)18-14-20-32(4)22-24-36-34(6)38(42)26-28-40(36,9)10/h11-24,33-38,41-42H,25-28H2,1-10H3/b12-11+,17-13+,18-14+,23-21+,24-22+,29-15+,30-16+,31-19+,32-20+. The van der Waals surface area contributed by atoms with Crippen LogP contribution in [0.2, 0.25) is 0 Å². The van der Waals surface area contributed by atoms with Gasteiger partial charge in [-0.15, -0.1) is 0 Å². The van der Waals surface area contributed by atoms with Gasteiger partial charge in [-0.1, -0.05) is 149 Å². The van der Waals surface area contributed by atoms with Crippen LogP contribution in [0.25, 0.3) is 0 Å². The second-order valence-corrected chi connectivity index (χ2v) is 14.4. The van der Waals surface area contributed by atoms with Gasteiger partial charge in [-0.2, -0.15) is 0 Å². The average molecular weight is 573 g/mol. The van der Waals surface area contributed by atoms with E-state index in [9.17, 15) is 10.2 Å². The molecule has 2 nitrogen and oxygen atoms in total. The molecule has 2 aliphatic carbocycles. The minimum Gasteiger partial charge on any atom is -0.393 e. The van der Waals surface area contributed by atoms with Crippen LogP contribution in [0.1, 0.15) is 94.9 Å². The Morgan fingerprint density at radius 3 is 1.19 bits per heavy atom. The van der Waals surface area contributed by atoms with Crippen LogP contribution in [-0.2, 0) is 0 Å². The highest BCUT2D eigenvalue weighted by Gasteiger charge is 2.40. The van der Waals surface area contributed by atoms with Crippen molar-refractivity contribution in [3.05, 3.63) is 107 Å². The van der Waals surface area contributed by atoms with Crippen molar-refractivity contribution in [2.45, 2.75) is 107 Å². The molecule has 42 heavy (non-hydrogen) atoms. The van der Waals surface area contributed by atoms with Gasteiger partial charge in [-0.05, 0) is 87.9 Å². The van der Waals surface area contributed by atoms with Crippen molar-refractivity contribution >= 4 is 0 Å². The summed E-state index contributed by atoms with van der Waals surface area (Å²) >= 11 is 0. The first-order valence-electron chi connectivity index (χ1n) is 16.1. The zero-order valence-electron chi connectivity index (χ0n) is 28.3. The van der Waals surface area contributed by atoms with Crippen molar-refractivity contribution in [3.8, 4) is 0 Å². The third kappa shape index (κ3) is 11.3. The van der Waals surface area contributed by atoms with Gasteiger partial charge in [0.05, 0.1) is 12.2 Å². The highest BCUT2D eigenvalue weighted by atomic mass is 16.3. The maximum Gasteiger partial charge on any atom is 0.0571 e. The molecule has 2 aliphatic rings. The quantitative estimate of drug-likeness (QED) is 0.256. The molecule has 2 heteroatoms. The van der Waals surface area contributed by atoms with Gasteiger partial charge >= 0.3 is 0 Å². The highest BCUT2D eigenvalue weighted by Crippen LogP contribution is 2.45. The molecular formula is C40H60O2. The van der Waals surface area contributed by atoms with E-state index >= 15 is 0 Å². The minimum absolute atomic E-state index is 0.194. The Labute approximate surface area is 258 Å². The van der Waals surface area contributed by atoms with Crippen LogP contribution < -0.4 is 0 Å². The largest absolute Gasteiger partial charge is 0.393 e. The van der Waals surface area contributed by atoms with E-state index in [2.05, 4.69) is 154 Å². The van der Waals surface area contributed by atoms with Gasteiger partial charge in [-0.25, -0.2) is 0 Å². The Balaban J connectivity index is 1.88. The first-order valence-corrected chi connectivity index (χ1v) is 16.1. The normalized spacial score (nSPS) is 31.9. The molecule has 232 valence electrons. The second kappa shape index (κ2) is 16.4. The summed E-state index contributed by atoms with van der Waals surface area (Å²) in [6.45, 7) is 22.1. The van der Waals surface area contributed by atoms with Crippen LogP contribution in [0.4, 0.5) is 0 Å². The van der Waals surface area contributed by atoms with Crippen LogP contribution in [0.5, 0.6) is 0 Å². The van der Waals surface area contributed by atoms with Gasteiger partial charge in [0.1, 0.15) is 0 Å². The summed E-state index contributed by atoms with van der Waals surface area (Å²) < 4.78 is 0. The lowest BCUT2D eigenvalue weighted by Gasteiger charge is -2.44. The Bertz CT molecular complexity index is 1050. The molecule has 0 radical (unpaired) electrons. The number of rotatable bonds is 10. The smallest absolute Gasteiger partial charge is 0.0571 e. The summed E-state index contributed by atoms with van der Waals surface area (Å²) in [6, 6.07) is 0. The fraction of sp³-hybridized carbons (Fsp3) is 0.550. The summed E-state index contributed by atoms with van der Waals surface area (Å²) in [5.74, 6) is 1.37. The number of allylic oxidation sites excluding steroid dienone is 18. The zero-order valence-corrected chi connectivity index (χ0v) is 28.3. The highest BCUT2D eigenvalue weighted by molar-refractivity contribution is 5.32. The Morgan fingerprint density at radius 1 is 0.524 bits per heavy atom. The first kappa shape index (κ1) is 35.8. The van der Waals surface area contributed by atoms with Gasteiger partial charge in [0.15, 0.2) is 0 Å². The minimum atomic E-state index is -0.194. The topological polar surface area (TPSA) is 40.5 Å². The van der Waals surface area contributed by atoms with E-state index in [1.165, 1.54) is 22.3 Å². The predicted octanol–water partition coefficient (Wildman–Crippen LogP) is 10.4. The van der Waals surface area contributed by atoms with E-state index in [-0.39, 0.29) is 23.0 Å². The van der Waals surface area contributed by atoms with Crippen molar-refractivity contribution in [1.82, 2.24) is 0 Å². The van der Waals surface area contributed by atoms with Crippen molar-refractivity contribution in [2.75, 3.05) is 0 Å². The van der Waals surface area contributed by atoms with E-state index in [4.69, 9.17) is 0 Å². The van der Waals surface area contributed by atoms with Crippen molar-refractivity contribution in [1.29, 1.82) is 0 Å². The third-order valence-corrected chi connectivity index (χ3v) is 9.72. The second-order valence-electron chi connectivity index (χ2n) is 14.4. The van der Waals surface area contributed by atoms with Gasteiger partial charge in [0.2, 0.25) is 0 Å². The van der Waals surface area contributed by atoms with E-state index in [1.54, 1.807) is 0 Å². The van der Waals surface area contributed by atoms with Crippen LogP contribution in [0.3, 0.4) is 0 Å². The fourth-order valence-corrected chi connectivity index (χ4v) is 6.52. The molecule has 0 aliphatic heterocycles. The summed E-state index contributed by atoms with van der Waals surface area (Å²) in [6.07, 6.45) is 33.8. The number of aliphatic hydroxyl groups excluding tert-OH is 2. The molecule has 0 aromatic heterocycles. The van der Waals surface area contributed by atoms with E-state index < -0.39 is 0 Å². The molecule has 2 saturated carbocycles. The summed E-state index contributed by atoms with van der Waals surface area (Å²) in [4.78, 5) is 0. The lowest BCUT2D eigenvalue weighted by Crippen LogP contribution is -2.40. The molecule has 0 aromatic carbocycles. The first-order chi connectivity index (χ1) is 19.6. The van der Waals surface area contributed by atoms with E-state index in [1.807, 2.05) is 0 Å². The number of hydrogen-bond acceptors (Lipinski definition) is 2. The molecule has 2 rings (SSSR count). The zero-order chi connectivity index (χ0) is 31.5. The number of aliphatic hydroxyl groups is 2. The number of hydrogen-bond donors (Lipinski definition) is 2. The molecule has 0 aromatic rings. The van der Waals surface area contributed by atoms with Gasteiger partial charge in [0.25, 0.3) is 0 Å². The molecule has 0 bridgehead atoms. The molecule has 6 unspecified atom stereocenters. The summed E-state index contributed by atoms with van der Waals surface area (Å²) in [5.41, 5.74) is 5.27. The molecule has 0 spiro atoms. The molecule has 0 heterocycles. The van der Waals surface area contributed by atoms with Gasteiger partial charge in [-0.3, -0.25) is 0 Å².